The second-order valence-corrected chi connectivity index (χ2v) is 51.5. The van der Waals surface area contributed by atoms with Crippen LogP contribution in [0.5, 0.6) is 0 Å². The lowest BCUT2D eigenvalue weighted by atomic mass is 9.33. The van der Waals surface area contributed by atoms with Crippen molar-refractivity contribution in [1.82, 2.24) is 9.13 Å². The highest BCUT2D eigenvalue weighted by Gasteiger charge is 2.47. The summed E-state index contributed by atoms with van der Waals surface area (Å²) in [6.07, 6.45) is 3.70. The molecule has 0 radical (unpaired) electrons. The Hall–Kier alpha value is -10.9. The first-order valence-corrected chi connectivity index (χ1v) is 48.8. The average Bonchev–Trinajstić information content (AvgIpc) is 1.21. The van der Waals surface area contributed by atoms with Crippen LogP contribution in [0.3, 0.4) is 0 Å². The van der Waals surface area contributed by atoms with Crippen LogP contribution in [0.15, 0.2) is 243 Å². The fourth-order valence-corrected chi connectivity index (χ4v) is 21.0. The van der Waals surface area contributed by atoms with Crippen molar-refractivity contribution in [1.29, 1.82) is 0 Å². The van der Waals surface area contributed by atoms with Crippen molar-refractivity contribution in [3.05, 3.63) is 304 Å². The molecule has 0 N–H and O–H groups in total. The van der Waals surface area contributed by atoms with Crippen molar-refractivity contribution in [3.63, 3.8) is 0 Å². The summed E-state index contributed by atoms with van der Waals surface area (Å²) in [4.78, 5) is 5.70. The normalized spacial score (nSPS) is 13.9. The molecule has 0 unspecified atom stereocenters. The van der Waals surface area contributed by atoms with Crippen molar-refractivity contribution in [2.75, 3.05) is 9.80 Å². The van der Waals surface area contributed by atoms with Crippen molar-refractivity contribution in [2.24, 2.45) is 21.7 Å². The summed E-state index contributed by atoms with van der Waals surface area (Å²) in [5.41, 5.74) is 40.8. The molecule has 13 aromatic carbocycles. The van der Waals surface area contributed by atoms with Gasteiger partial charge in [-0.15, -0.1) is 0 Å². The van der Waals surface area contributed by atoms with E-state index in [2.05, 4.69) is 490 Å². The Morgan fingerprint density at radius 3 is 0.679 bits per heavy atom. The number of aromatic nitrogens is 2. The predicted octanol–water partition coefficient (Wildman–Crippen LogP) is 34.1. The van der Waals surface area contributed by atoms with Crippen molar-refractivity contribution < 1.29 is 0 Å². The molecule has 0 aliphatic carbocycles. The second kappa shape index (κ2) is 31.9. The van der Waals surface area contributed by atoms with Gasteiger partial charge in [-0.05, 0) is 294 Å². The molecule has 0 fully saturated rings. The molecule has 15 aromatic rings. The molecule has 0 spiro atoms. The van der Waals surface area contributed by atoms with Gasteiger partial charge in [-0.2, -0.15) is 0 Å². The summed E-state index contributed by atoms with van der Waals surface area (Å²) in [6, 6.07) is 99.4. The Bertz CT molecular complexity index is 6320. The van der Waals surface area contributed by atoms with Crippen LogP contribution in [0.1, 0.15) is 290 Å². The first kappa shape index (κ1) is 92.0. The number of hydrogen-bond acceptors (Lipinski definition) is 2. The van der Waals surface area contributed by atoms with Crippen LogP contribution in [0, 0.1) is 21.7 Å². The third-order valence-electron chi connectivity index (χ3n) is 27.7. The van der Waals surface area contributed by atoms with E-state index in [1.54, 1.807) is 0 Å². The minimum absolute atomic E-state index is 0.0302. The SMILES string of the molecule is CC(C)(C)Cc1cccc(-c2cc(C(C)(C)C)cc(-c3cccc(CC(C)(C)C)c3)c2N2c3cc(-n4c5ccc(C(C)(C)C)cc5c5cc(C(C)(C)C)ccc54)ccc3B3c4ccc(-n5c6ccc(C(C)(C)C)cc6c6cc(C(C)(C)C)ccc65)cc4N(c4c(-c5cccc(CC(C)(C)C)c5)cc(C(C)(C)C)cc4-c4cccc(CC(C)(C)C)c4)c4cc(C(C)(C)C)cc2c43)c1. The van der Waals surface area contributed by atoms with Gasteiger partial charge in [0.1, 0.15) is 0 Å². The summed E-state index contributed by atoms with van der Waals surface area (Å²) in [5, 5.41) is 5.08. The standard InChI is InChI=1S/C126H147BN4/c1-116(2,3)74-78-38-34-42-82(58-78)95-66-90(124(25,26)27)67-96(83-43-35-39-79(59-83)75-117(4,5)6)114(95)130-109-72-93(128-105-54-46-86(120(13,14)15)62-99(105)100-63-87(121(16,17)18)47-55-106(100)128)50-52-103(109)127-104-53-51-94(129-107-56-48-88(122(19,20)21)64-101(107)102-65-89(123(22,23)24)49-57-108(102)129)73-110(104)131(112-71-92(126(31,32)33)70-111(130)113(112)127)115-97(84-44-36-40-80(60-84)76-118(7,8)9)68-91(125(28,29)30)69-98(115)85-45-37-41-81(61-85)77-119(10,11)12/h34-73H,74-77H2,1-33H3. The predicted molar refractivity (Wildman–Crippen MR) is 574 cm³/mol. The molecule has 2 aliphatic heterocycles. The summed E-state index contributed by atoms with van der Waals surface area (Å²) in [7, 11) is 0. The quantitative estimate of drug-likeness (QED) is 0.113. The van der Waals surface area contributed by atoms with E-state index < -0.39 is 5.41 Å². The molecule has 4 nitrogen and oxygen atoms in total. The number of benzene rings is 13. The molecule has 5 heteroatoms. The van der Waals surface area contributed by atoms with Crippen LogP contribution in [-0.2, 0) is 63.6 Å². The van der Waals surface area contributed by atoms with Gasteiger partial charge in [0.25, 0.3) is 6.71 Å². The van der Waals surface area contributed by atoms with Crippen LogP contribution in [0.4, 0.5) is 34.1 Å². The van der Waals surface area contributed by atoms with Crippen molar-refractivity contribution in [2.45, 2.75) is 292 Å². The van der Waals surface area contributed by atoms with E-state index in [1.807, 2.05) is 0 Å². The van der Waals surface area contributed by atoms with Crippen LogP contribution < -0.4 is 26.2 Å². The average molecular weight is 1730 g/mol. The van der Waals surface area contributed by atoms with Crippen molar-refractivity contribution in [3.8, 4) is 55.9 Å². The van der Waals surface area contributed by atoms with Crippen molar-refractivity contribution >= 4 is 101 Å². The number of nitrogens with zero attached hydrogens (tertiary/aromatic N) is 4. The molecule has 0 saturated heterocycles. The first-order valence-electron chi connectivity index (χ1n) is 48.8. The Kier molecular flexibility index (Phi) is 22.4. The highest BCUT2D eigenvalue weighted by molar-refractivity contribution is 7.00. The zero-order valence-electron chi connectivity index (χ0n) is 85.8. The number of anilines is 6. The molecule has 17 rings (SSSR count). The lowest BCUT2D eigenvalue weighted by Gasteiger charge is -2.47. The maximum Gasteiger partial charge on any atom is 0.252 e. The minimum Gasteiger partial charge on any atom is -0.310 e. The Labute approximate surface area is 787 Å². The molecule has 0 amide bonds. The van der Waals surface area contributed by atoms with Gasteiger partial charge in [-0.1, -0.05) is 362 Å². The molecule has 0 atom stereocenters. The van der Waals surface area contributed by atoms with Gasteiger partial charge in [0.05, 0.1) is 33.4 Å². The molecule has 4 heterocycles. The Balaban J connectivity index is 1.10. The molecular weight excluding hydrogens is 1580 g/mol. The van der Waals surface area contributed by atoms with Gasteiger partial charge < -0.3 is 18.9 Å². The minimum atomic E-state index is -0.390. The van der Waals surface area contributed by atoms with Gasteiger partial charge in [-0.3, -0.25) is 0 Å². The molecule has 131 heavy (non-hydrogen) atoms. The highest BCUT2D eigenvalue weighted by atomic mass is 15.2. The molecule has 2 aliphatic rings. The summed E-state index contributed by atoms with van der Waals surface area (Å²) in [5.74, 6) is 0. The molecule has 674 valence electrons. The maximum absolute atomic E-state index is 2.85. The smallest absolute Gasteiger partial charge is 0.252 e. The monoisotopic (exact) mass is 1730 g/mol. The lowest BCUT2D eigenvalue weighted by molar-refractivity contribution is 0.411. The van der Waals surface area contributed by atoms with Crippen LogP contribution >= 0.6 is 0 Å². The van der Waals surface area contributed by atoms with Gasteiger partial charge in [-0.25, -0.2) is 0 Å². The molecule has 2 aromatic heterocycles. The third-order valence-corrected chi connectivity index (χ3v) is 27.7. The van der Waals surface area contributed by atoms with E-state index in [-0.39, 0.29) is 60.9 Å². The summed E-state index contributed by atoms with van der Waals surface area (Å²) >= 11 is 0. The van der Waals surface area contributed by atoms with Crippen LogP contribution in [0.2, 0.25) is 0 Å². The number of fused-ring (bicyclic) bond motifs is 10. The van der Waals surface area contributed by atoms with E-state index in [0.29, 0.717) is 0 Å². The Morgan fingerprint density at radius 1 is 0.214 bits per heavy atom. The van der Waals surface area contributed by atoms with E-state index in [1.165, 1.54) is 188 Å². The maximum atomic E-state index is 2.85. The summed E-state index contributed by atoms with van der Waals surface area (Å²) < 4.78 is 5.23. The van der Waals surface area contributed by atoms with Gasteiger partial charge in [0.15, 0.2) is 0 Å². The fraction of sp³-hybridized carbons (Fsp3) is 0.381. The zero-order valence-corrected chi connectivity index (χ0v) is 85.8. The highest BCUT2D eigenvalue weighted by Crippen LogP contribution is 2.57. The van der Waals surface area contributed by atoms with Gasteiger partial charge in [0, 0.05) is 77.9 Å². The van der Waals surface area contributed by atoms with E-state index in [4.69, 9.17) is 0 Å². The van der Waals surface area contributed by atoms with E-state index >= 15 is 0 Å². The second-order valence-electron chi connectivity index (χ2n) is 51.5. The van der Waals surface area contributed by atoms with Gasteiger partial charge in [0.2, 0.25) is 0 Å². The largest absolute Gasteiger partial charge is 0.310 e. The topological polar surface area (TPSA) is 16.3 Å². The zero-order chi connectivity index (χ0) is 94.4. The lowest BCUT2D eigenvalue weighted by Crippen LogP contribution is -2.61. The fourth-order valence-electron chi connectivity index (χ4n) is 21.0. The van der Waals surface area contributed by atoms with Gasteiger partial charge >= 0.3 is 0 Å². The first-order chi connectivity index (χ1) is 60.8. The molecule has 0 saturated carbocycles. The number of rotatable bonds is 12. The summed E-state index contributed by atoms with van der Waals surface area (Å²) in [6.45, 7) is 78.5. The van der Waals surface area contributed by atoms with E-state index in [9.17, 15) is 0 Å². The van der Waals surface area contributed by atoms with E-state index in [0.717, 1.165) is 48.4 Å². The number of hydrogen-bond donors (Lipinski definition) is 0. The van der Waals surface area contributed by atoms with Crippen LogP contribution in [0.25, 0.3) is 99.5 Å². The van der Waals surface area contributed by atoms with Crippen LogP contribution in [-0.4, -0.2) is 15.8 Å². The molecule has 0 bridgehead atoms. The third kappa shape index (κ3) is 18.0. The Morgan fingerprint density at radius 2 is 0.450 bits per heavy atom. The molecular formula is C126H147BN4.